The summed E-state index contributed by atoms with van der Waals surface area (Å²) in [5, 5.41) is 12.6. The van der Waals surface area contributed by atoms with Gasteiger partial charge in [-0.1, -0.05) is 72.4 Å². The van der Waals surface area contributed by atoms with Crippen LogP contribution in [-0.2, 0) is 0 Å². The Hall–Kier alpha value is -2.56. The zero-order chi connectivity index (χ0) is 17.5. The summed E-state index contributed by atoms with van der Waals surface area (Å²) < 4.78 is 0. The molecule has 1 atom stereocenters. The zero-order valence-electron chi connectivity index (χ0n) is 13.6. The number of aliphatic hydroxyl groups is 1. The van der Waals surface area contributed by atoms with E-state index >= 15 is 0 Å². The highest BCUT2D eigenvalue weighted by atomic mass is 32.2. The molecule has 0 unspecified atom stereocenters. The highest BCUT2D eigenvalue weighted by Crippen LogP contribution is 2.30. The standard InChI is InChI=1S/C21H19NO2S/c23-15-19(16-9-3-1-4-10-16)22-21(24)18-13-7-8-14-20(18)25-17-11-5-2-6-12-17/h1-14,19,23H,15H2,(H,22,24)/t19-/m1/s1. The lowest BCUT2D eigenvalue weighted by Gasteiger charge is -2.18. The molecule has 0 spiro atoms. The molecule has 0 aliphatic carbocycles. The Balaban J connectivity index is 1.80. The van der Waals surface area contributed by atoms with E-state index in [9.17, 15) is 9.90 Å². The molecule has 0 fully saturated rings. The quantitative estimate of drug-likeness (QED) is 0.697. The molecule has 4 heteroatoms. The second kappa shape index (κ2) is 8.51. The Bertz CT molecular complexity index is 822. The van der Waals surface area contributed by atoms with Crippen LogP contribution in [0.4, 0.5) is 0 Å². The lowest BCUT2D eigenvalue weighted by molar-refractivity contribution is 0.0913. The maximum atomic E-state index is 12.8. The molecule has 0 aliphatic heterocycles. The highest BCUT2D eigenvalue weighted by Gasteiger charge is 2.17. The van der Waals surface area contributed by atoms with Gasteiger partial charge in [-0.2, -0.15) is 0 Å². The van der Waals surface area contributed by atoms with Crippen molar-refractivity contribution >= 4 is 17.7 Å². The Morgan fingerprint density at radius 1 is 0.880 bits per heavy atom. The van der Waals surface area contributed by atoms with Crippen LogP contribution in [0.15, 0.2) is 94.7 Å². The van der Waals surface area contributed by atoms with Gasteiger partial charge in [-0.25, -0.2) is 0 Å². The minimum atomic E-state index is -0.427. The normalized spacial score (nSPS) is 11.7. The minimum absolute atomic E-state index is 0.149. The summed E-state index contributed by atoms with van der Waals surface area (Å²) in [4.78, 5) is 14.7. The zero-order valence-corrected chi connectivity index (χ0v) is 14.4. The van der Waals surface area contributed by atoms with Crippen LogP contribution in [0.2, 0.25) is 0 Å². The van der Waals surface area contributed by atoms with Crippen molar-refractivity contribution in [1.29, 1.82) is 0 Å². The summed E-state index contributed by atoms with van der Waals surface area (Å²) in [6.45, 7) is -0.149. The van der Waals surface area contributed by atoms with E-state index in [4.69, 9.17) is 0 Å². The minimum Gasteiger partial charge on any atom is -0.394 e. The molecule has 3 aromatic rings. The molecule has 0 saturated heterocycles. The van der Waals surface area contributed by atoms with Crippen molar-refractivity contribution < 1.29 is 9.90 Å². The largest absolute Gasteiger partial charge is 0.394 e. The van der Waals surface area contributed by atoms with Gasteiger partial charge in [-0.3, -0.25) is 4.79 Å². The maximum absolute atomic E-state index is 12.8. The second-order valence-electron chi connectivity index (χ2n) is 5.53. The van der Waals surface area contributed by atoms with Crippen molar-refractivity contribution in [3.05, 3.63) is 96.1 Å². The molecule has 0 aromatic heterocycles. The number of hydrogen-bond donors (Lipinski definition) is 2. The monoisotopic (exact) mass is 349 g/mol. The predicted molar refractivity (Wildman–Crippen MR) is 101 cm³/mol. The van der Waals surface area contributed by atoms with Crippen molar-refractivity contribution in [3.63, 3.8) is 0 Å². The highest BCUT2D eigenvalue weighted by molar-refractivity contribution is 7.99. The molecule has 25 heavy (non-hydrogen) atoms. The van der Waals surface area contributed by atoms with Crippen molar-refractivity contribution in [2.75, 3.05) is 6.61 Å². The summed E-state index contributed by atoms with van der Waals surface area (Å²) in [5.74, 6) is -0.193. The van der Waals surface area contributed by atoms with E-state index in [1.807, 2.05) is 78.9 Å². The smallest absolute Gasteiger partial charge is 0.252 e. The third-order valence-electron chi connectivity index (χ3n) is 3.79. The fourth-order valence-corrected chi connectivity index (χ4v) is 3.48. The summed E-state index contributed by atoms with van der Waals surface area (Å²) in [5.41, 5.74) is 1.48. The number of aliphatic hydroxyl groups excluding tert-OH is 1. The van der Waals surface area contributed by atoms with Gasteiger partial charge in [0.2, 0.25) is 0 Å². The molecule has 0 saturated carbocycles. The molecule has 2 N–H and O–H groups in total. The molecule has 126 valence electrons. The first-order chi connectivity index (χ1) is 12.3. The van der Waals surface area contributed by atoms with Crippen molar-refractivity contribution in [3.8, 4) is 0 Å². The summed E-state index contributed by atoms with van der Waals surface area (Å²) in [6.07, 6.45) is 0. The van der Waals surface area contributed by atoms with E-state index in [1.165, 1.54) is 0 Å². The van der Waals surface area contributed by atoms with Gasteiger partial charge < -0.3 is 10.4 Å². The number of amides is 1. The number of benzene rings is 3. The first-order valence-corrected chi connectivity index (χ1v) is 8.88. The molecular weight excluding hydrogens is 330 g/mol. The molecule has 1 amide bonds. The van der Waals surface area contributed by atoms with Gasteiger partial charge >= 0.3 is 0 Å². The van der Waals surface area contributed by atoms with Gasteiger partial charge in [0.25, 0.3) is 5.91 Å². The average Bonchev–Trinajstić information content (AvgIpc) is 2.68. The number of hydrogen-bond acceptors (Lipinski definition) is 3. The Labute approximate surface area is 151 Å². The van der Waals surface area contributed by atoms with Gasteiger partial charge in [0, 0.05) is 9.79 Å². The Kier molecular flexibility index (Phi) is 5.88. The van der Waals surface area contributed by atoms with E-state index < -0.39 is 6.04 Å². The second-order valence-corrected chi connectivity index (χ2v) is 6.65. The molecule has 3 nitrogen and oxygen atoms in total. The van der Waals surface area contributed by atoms with Crippen LogP contribution in [0, 0.1) is 0 Å². The number of carbonyl (C=O) groups is 1. The lowest BCUT2D eigenvalue weighted by Crippen LogP contribution is -2.31. The van der Waals surface area contributed by atoms with Gasteiger partial charge in [-0.15, -0.1) is 0 Å². The Morgan fingerprint density at radius 3 is 2.16 bits per heavy atom. The molecule has 3 aromatic carbocycles. The van der Waals surface area contributed by atoms with Crippen LogP contribution >= 0.6 is 11.8 Å². The van der Waals surface area contributed by atoms with Crippen LogP contribution in [0.5, 0.6) is 0 Å². The van der Waals surface area contributed by atoms with Crippen molar-refractivity contribution in [2.24, 2.45) is 0 Å². The Morgan fingerprint density at radius 2 is 1.48 bits per heavy atom. The average molecular weight is 349 g/mol. The molecule has 0 bridgehead atoms. The van der Waals surface area contributed by atoms with Crippen LogP contribution in [0.3, 0.4) is 0 Å². The predicted octanol–water partition coefficient (Wildman–Crippen LogP) is 4.30. The van der Waals surface area contributed by atoms with E-state index in [0.717, 1.165) is 15.4 Å². The number of nitrogens with one attached hydrogen (secondary N) is 1. The van der Waals surface area contributed by atoms with Gasteiger partial charge in [0.1, 0.15) is 0 Å². The van der Waals surface area contributed by atoms with Crippen molar-refractivity contribution in [1.82, 2.24) is 5.32 Å². The molecule has 0 aliphatic rings. The van der Waals surface area contributed by atoms with Crippen LogP contribution < -0.4 is 5.32 Å². The summed E-state index contributed by atoms with van der Waals surface area (Å²) in [6, 6.07) is 26.5. The van der Waals surface area contributed by atoms with E-state index in [1.54, 1.807) is 17.8 Å². The van der Waals surface area contributed by atoms with Crippen molar-refractivity contribution in [2.45, 2.75) is 15.8 Å². The van der Waals surface area contributed by atoms with Crippen LogP contribution in [0.1, 0.15) is 22.0 Å². The third kappa shape index (κ3) is 4.50. The number of rotatable bonds is 6. The third-order valence-corrected chi connectivity index (χ3v) is 4.88. The fraction of sp³-hybridized carbons (Fsp3) is 0.0952. The first-order valence-electron chi connectivity index (χ1n) is 8.06. The number of carbonyl (C=O) groups excluding carboxylic acids is 1. The molecule has 3 rings (SSSR count). The molecular formula is C21H19NO2S. The van der Waals surface area contributed by atoms with Gasteiger partial charge in [-0.05, 0) is 29.8 Å². The SMILES string of the molecule is O=C(N[C@H](CO)c1ccccc1)c1ccccc1Sc1ccccc1. The fourth-order valence-electron chi connectivity index (χ4n) is 2.51. The van der Waals surface area contributed by atoms with Crippen LogP contribution in [-0.4, -0.2) is 17.6 Å². The maximum Gasteiger partial charge on any atom is 0.252 e. The topological polar surface area (TPSA) is 49.3 Å². The van der Waals surface area contributed by atoms with E-state index in [0.29, 0.717) is 5.56 Å². The summed E-state index contributed by atoms with van der Waals surface area (Å²) in [7, 11) is 0. The summed E-state index contributed by atoms with van der Waals surface area (Å²) >= 11 is 1.55. The lowest BCUT2D eigenvalue weighted by atomic mass is 10.1. The molecule has 0 radical (unpaired) electrons. The van der Waals surface area contributed by atoms with Gasteiger partial charge in [0.05, 0.1) is 18.2 Å². The first kappa shape index (κ1) is 17.3. The van der Waals surface area contributed by atoms with E-state index in [2.05, 4.69) is 5.32 Å². The molecule has 0 heterocycles. The van der Waals surface area contributed by atoms with Crippen LogP contribution in [0.25, 0.3) is 0 Å². The van der Waals surface area contributed by atoms with Gasteiger partial charge in [0.15, 0.2) is 0 Å². The van der Waals surface area contributed by atoms with E-state index in [-0.39, 0.29) is 12.5 Å².